The van der Waals surface area contributed by atoms with Crippen molar-refractivity contribution in [2.45, 2.75) is 19.3 Å². The van der Waals surface area contributed by atoms with Gasteiger partial charge in [0.15, 0.2) is 0 Å². The van der Waals surface area contributed by atoms with Crippen LogP contribution in [0.2, 0.25) is 0 Å². The van der Waals surface area contributed by atoms with E-state index in [2.05, 4.69) is 0 Å². The number of β-amino-alcohol motifs (C(OH)–C–C–N with tert-alkyl or cyclic N) is 1. The molecule has 4 heteroatoms. The van der Waals surface area contributed by atoms with Crippen molar-refractivity contribution in [1.82, 2.24) is 4.90 Å². The maximum absolute atomic E-state index is 12.2. The quantitative estimate of drug-likeness (QED) is 0.697. The van der Waals surface area contributed by atoms with E-state index in [1.165, 1.54) is 0 Å². The maximum Gasteiger partial charge on any atom is 0.242 e. The zero-order valence-electron chi connectivity index (χ0n) is 7.05. The third kappa shape index (κ3) is 2.68. The fourth-order valence-electron chi connectivity index (χ4n) is 1.64. The molecule has 0 saturated carbocycles. The van der Waals surface area contributed by atoms with E-state index < -0.39 is 12.3 Å². The molecule has 12 heavy (non-hydrogen) atoms. The highest BCUT2D eigenvalue weighted by atomic mass is 19.3. The maximum atomic E-state index is 12.2. The van der Waals surface area contributed by atoms with E-state index >= 15 is 0 Å². The van der Waals surface area contributed by atoms with Gasteiger partial charge in [-0.15, -0.1) is 0 Å². The van der Waals surface area contributed by atoms with E-state index in [1.54, 1.807) is 0 Å². The van der Waals surface area contributed by atoms with Gasteiger partial charge in [-0.1, -0.05) is 0 Å². The van der Waals surface area contributed by atoms with Gasteiger partial charge in [-0.25, -0.2) is 8.78 Å². The van der Waals surface area contributed by atoms with Gasteiger partial charge in [-0.3, -0.25) is 0 Å². The molecule has 0 aromatic heterocycles. The van der Waals surface area contributed by atoms with Crippen molar-refractivity contribution in [2.75, 3.05) is 26.2 Å². The van der Waals surface area contributed by atoms with Crippen molar-refractivity contribution in [3.05, 3.63) is 0 Å². The van der Waals surface area contributed by atoms with Crippen molar-refractivity contribution >= 4 is 0 Å². The number of aliphatic hydroxyl groups excluding tert-OH is 1. The lowest BCUT2D eigenvalue weighted by atomic mass is 9.99. The molecule has 0 spiro atoms. The molecule has 0 unspecified atom stereocenters. The monoisotopic (exact) mass is 179 g/mol. The summed E-state index contributed by atoms with van der Waals surface area (Å²) >= 11 is 0. The smallest absolute Gasteiger partial charge is 0.242 e. The van der Waals surface area contributed by atoms with Crippen LogP contribution >= 0.6 is 0 Å². The van der Waals surface area contributed by atoms with Crippen LogP contribution in [-0.4, -0.2) is 42.7 Å². The molecule has 1 N–H and O–H groups in total. The van der Waals surface area contributed by atoms with Crippen LogP contribution in [0.3, 0.4) is 0 Å². The Bertz CT molecular complexity index is 130. The van der Waals surface area contributed by atoms with Crippen molar-refractivity contribution in [2.24, 2.45) is 5.92 Å². The first kappa shape index (κ1) is 9.86. The summed E-state index contributed by atoms with van der Waals surface area (Å²) in [4.78, 5) is 1.90. The Morgan fingerprint density at radius 1 is 1.50 bits per heavy atom. The fourth-order valence-corrected chi connectivity index (χ4v) is 1.64. The molecule has 0 aromatic rings. The Kier molecular flexibility index (Phi) is 3.88. The minimum Gasteiger partial charge on any atom is -0.395 e. The summed E-state index contributed by atoms with van der Waals surface area (Å²) in [5, 5.41) is 8.61. The number of halogens is 2. The van der Waals surface area contributed by atoms with Gasteiger partial charge >= 0.3 is 0 Å². The number of alkyl halides is 2. The molecule has 1 atom stereocenters. The third-order valence-corrected chi connectivity index (χ3v) is 2.31. The number of hydrogen-bond acceptors (Lipinski definition) is 2. The van der Waals surface area contributed by atoms with Gasteiger partial charge in [0.05, 0.1) is 6.61 Å². The van der Waals surface area contributed by atoms with Crippen LogP contribution in [0, 0.1) is 5.92 Å². The molecule has 1 aliphatic rings. The molecule has 72 valence electrons. The molecule has 1 aliphatic heterocycles. The lowest BCUT2D eigenvalue weighted by Gasteiger charge is -2.31. The summed E-state index contributed by atoms with van der Waals surface area (Å²) in [5.74, 6) is -0.481. The van der Waals surface area contributed by atoms with E-state index in [0.717, 1.165) is 13.0 Å². The number of likely N-dealkylation sites (tertiary alicyclic amines) is 1. The predicted molar refractivity (Wildman–Crippen MR) is 42.3 cm³/mol. The van der Waals surface area contributed by atoms with Crippen LogP contribution in [-0.2, 0) is 0 Å². The van der Waals surface area contributed by atoms with E-state index in [4.69, 9.17) is 5.11 Å². The van der Waals surface area contributed by atoms with Crippen molar-refractivity contribution in [3.8, 4) is 0 Å². The molecule has 0 bridgehead atoms. The molecule has 1 fully saturated rings. The van der Waals surface area contributed by atoms with E-state index in [-0.39, 0.29) is 6.61 Å². The number of rotatable bonds is 3. The number of nitrogens with zero attached hydrogens (tertiary/aromatic N) is 1. The van der Waals surface area contributed by atoms with E-state index in [1.807, 2.05) is 4.90 Å². The molecule has 0 radical (unpaired) electrons. The Balaban J connectivity index is 2.30. The van der Waals surface area contributed by atoms with Crippen molar-refractivity contribution in [1.29, 1.82) is 0 Å². The first-order valence-corrected chi connectivity index (χ1v) is 4.35. The lowest BCUT2D eigenvalue weighted by molar-refractivity contribution is 0.0232. The van der Waals surface area contributed by atoms with Crippen LogP contribution in [0.25, 0.3) is 0 Å². The van der Waals surface area contributed by atoms with Gasteiger partial charge in [0.25, 0.3) is 0 Å². The fraction of sp³-hybridized carbons (Fsp3) is 1.00. The standard InChI is InChI=1S/C8H15F2NO/c9-8(10)7-2-1-3-11(6-7)4-5-12/h7-8,12H,1-6H2/t7-/m1/s1. The number of piperidine rings is 1. The largest absolute Gasteiger partial charge is 0.395 e. The zero-order valence-corrected chi connectivity index (χ0v) is 7.05. The second-order valence-electron chi connectivity index (χ2n) is 3.26. The summed E-state index contributed by atoms with van der Waals surface area (Å²) in [7, 11) is 0. The van der Waals surface area contributed by atoms with Crippen LogP contribution in [0.15, 0.2) is 0 Å². The lowest BCUT2D eigenvalue weighted by Crippen LogP contribution is -2.39. The first-order chi connectivity index (χ1) is 5.74. The molecule has 1 heterocycles. The molecule has 1 saturated heterocycles. The van der Waals surface area contributed by atoms with E-state index in [0.29, 0.717) is 19.5 Å². The molecule has 1 rings (SSSR count). The van der Waals surface area contributed by atoms with Gasteiger partial charge in [0.2, 0.25) is 6.43 Å². The summed E-state index contributed by atoms with van der Waals surface area (Å²) in [6, 6.07) is 0. The van der Waals surface area contributed by atoms with Crippen molar-refractivity contribution in [3.63, 3.8) is 0 Å². The highest BCUT2D eigenvalue weighted by Crippen LogP contribution is 2.21. The van der Waals surface area contributed by atoms with Gasteiger partial charge in [0.1, 0.15) is 0 Å². The van der Waals surface area contributed by atoms with Crippen LogP contribution < -0.4 is 0 Å². The summed E-state index contributed by atoms with van der Waals surface area (Å²) in [6.07, 6.45) is -0.749. The minimum atomic E-state index is -2.20. The van der Waals surface area contributed by atoms with Gasteiger partial charge in [-0.2, -0.15) is 0 Å². The van der Waals surface area contributed by atoms with Crippen molar-refractivity contribution < 1.29 is 13.9 Å². The summed E-state index contributed by atoms with van der Waals surface area (Å²) < 4.78 is 24.5. The Labute approximate surface area is 71.2 Å². The Morgan fingerprint density at radius 2 is 2.25 bits per heavy atom. The van der Waals surface area contributed by atoms with Crippen LogP contribution in [0.4, 0.5) is 8.78 Å². The molecule has 2 nitrogen and oxygen atoms in total. The summed E-state index contributed by atoms with van der Waals surface area (Å²) in [6.45, 7) is 1.89. The molecule has 0 amide bonds. The Morgan fingerprint density at radius 3 is 2.83 bits per heavy atom. The molecular weight excluding hydrogens is 164 g/mol. The second-order valence-corrected chi connectivity index (χ2v) is 3.26. The van der Waals surface area contributed by atoms with Gasteiger partial charge in [0, 0.05) is 19.0 Å². The highest BCUT2D eigenvalue weighted by Gasteiger charge is 2.26. The number of aliphatic hydroxyl groups is 1. The Hall–Kier alpha value is -0.220. The average molecular weight is 179 g/mol. The molecule has 0 aromatic carbocycles. The number of hydrogen-bond donors (Lipinski definition) is 1. The second kappa shape index (κ2) is 4.72. The SMILES string of the molecule is OCCN1CCC[C@@H](C(F)F)C1. The minimum absolute atomic E-state index is 0.0654. The molecular formula is C8H15F2NO. The first-order valence-electron chi connectivity index (χ1n) is 4.35. The topological polar surface area (TPSA) is 23.5 Å². The van der Waals surface area contributed by atoms with Crippen LogP contribution in [0.5, 0.6) is 0 Å². The highest BCUT2D eigenvalue weighted by molar-refractivity contribution is 4.74. The average Bonchev–Trinajstić information content (AvgIpc) is 2.05. The molecule has 0 aliphatic carbocycles. The summed E-state index contributed by atoms with van der Waals surface area (Å²) in [5.41, 5.74) is 0. The van der Waals surface area contributed by atoms with Gasteiger partial charge in [-0.05, 0) is 19.4 Å². The zero-order chi connectivity index (χ0) is 8.97. The van der Waals surface area contributed by atoms with Gasteiger partial charge < -0.3 is 10.0 Å². The van der Waals surface area contributed by atoms with Crippen LogP contribution in [0.1, 0.15) is 12.8 Å². The normalized spacial score (nSPS) is 26.5. The predicted octanol–water partition coefficient (Wildman–Crippen LogP) is 0.956. The third-order valence-electron chi connectivity index (χ3n) is 2.31. The van der Waals surface area contributed by atoms with E-state index in [9.17, 15) is 8.78 Å².